The van der Waals surface area contributed by atoms with E-state index in [1.54, 1.807) is 0 Å². The maximum Gasteiger partial charge on any atom is 0.0555 e. The van der Waals surface area contributed by atoms with Gasteiger partial charge in [0.25, 0.3) is 0 Å². The summed E-state index contributed by atoms with van der Waals surface area (Å²) in [6, 6.07) is 5.38. The molecule has 1 aliphatic heterocycles. The number of hydrogen-bond donors (Lipinski definition) is 2. The van der Waals surface area contributed by atoms with Crippen LogP contribution in [0.25, 0.3) is 0 Å². The summed E-state index contributed by atoms with van der Waals surface area (Å²) in [7, 11) is 0. The molecule has 1 aromatic rings. The van der Waals surface area contributed by atoms with Gasteiger partial charge >= 0.3 is 0 Å². The molecule has 2 aliphatic rings. The van der Waals surface area contributed by atoms with Gasteiger partial charge < -0.3 is 10.4 Å². The number of pyridine rings is 1. The number of nitrogens with zero attached hydrogens (tertiary/aromatic N) is 2. The molecule has 2 heterocycles. The van der Waals surface area contributed by atoms with E-state index in [0.29, 0.717) is 12.1 Å². The minimum atomic E-state index is -0.0701. The van der Waals surface area contributed by atoms with Gasteiger partial charge in [-0.15, -0.1) is 0 Å². The van der Waals surface area contributed by atoms with Crippen molar-refractivity contribution in [1.29, 1.82) is 0 Å². The molecule has 1 aliphatic carbocycles. The van der Waals surface area contributed by atoms with Gasteiger partial charge in [-0.1, -0.05) is 0 Å². The predicted octanol–water partition coefficient (Wildman–Crippen LogP) is 1.55. The largest absolute Gasteiger partial charge is 0.393 e. The fraction of sp³-hybridized carbons (Fsp3) is 0.688. The van der Waals surface area contributed by atoms with E-state index in [9.17, 15) is 5.11 Å². The van der Waals surface area contributed by atoms with Crippen LogP contribution in [0.15, 0.2) is 24.5 Å². The van der Waals surface area contributed by atoms with Crippen molar-refractivity contribution in [3.05, 3.63) is 30.1 Å². The highest BCUT2D eigenvalue weighted by atomic mass is 16.3. The molecule has 2 fully saturated rings. The lowest BCUT2D eigenvalue weighted by molar-refractivity contribution is 0.168. The number of nitrogens with one attached hydrogen (secondary N) is 1. The molecule has 2 atom stereocenters. The molecule has 0 amide bonds. The van der Waals surface area contributed by atoms with Gasteiger partial charge in [-0.2, -0.15) is 0 Å². The minimum absolute atomic E-state index is 0.0701. The zero-order valence-electron chi connectivity index (χ0n) is 12.0. The van der Waals surface area contributed by atoms with Crippen LogP contribution in [0.5, 0.6) is 0 Å². The maximum absolute atomic E-state index is 9.58. The average molecular weight is 275 g/mol. The number of piperidine rings is 1. The summed E-state index contributed by atoms with van der Waals surface area (Å²) in [5, 5.41) is 13.3. The zero-order valence-corrected chi connectivity index (χ0v) is 12.0. The van der Waals surface area contributed by atoms with E-state index >= 15 is 0 Å². The van der Waals surface area contributed by atoms with Crippen molar-refractivity contribution in [2.75, 3.05) is 13.1 Å². The monoisotopic (exact) mass is 275 g/mol. The minimum Gasteiger partial charge on any atom is -0.393 e. The van der Waals surface area contributed by atoms with Crippen molar-refractivity contribution in [1.82, 2.24) is 15.2 Å². The number of aliphatic hydroxyl groups is 1. The lowest BCUT2D eigenvalue weighted by Gasteiger charge is -2.34. The molecule has 0 spiro atoms. The van der Waals surface area contributed by atoms with Crippen LogP contribution in [0.4, 0.5) is 0 Å². The third-order valence-corrected chi connectivity index (χ3v) is 4.62. The summed E-state index contributed by atoms with van der Waals surface area (Å²) in [6.07, 6.45) is 9.16. The molecule has 4 heteroatoms. The Labute approximate surface area is 121 Å². The van der Waals surface area contributed by atoms with E-state index in [4.69, 9.17) is 0 Å². The van der Waals surface area contributed by atoms with Crippen molar-refractivity contribution in [2.45, 2.75) is 56.8 Å². The highest BCUT2D eigenvalue weighted by molar-refractivity contribution is 5.09. The second kappa shape index (κ2) is 6.66. The van der Waals surface area contributed by atoms with E-state index in [1.165, 1.54) is 18.4 Å². The molecular weight excluding hydrogens is 250 g/mol. The number of hydrogen-bond acceptors (Lipinski definition) is 4. The van der Waals surface area contributed by atoms with E-state index in [-0.39, 0.29) is 6.10 Å². The topological polar surface area (TPSA) is 48.4 Å². The molecule has 1 saturated carbocycles. The van der Waals surface area contributed by atoms with Crippen molar-refractivity contribution in [3.63, 3.8) is 0 Å². The van der Waals surface area contributed by atoms with E-state index in [1.807, 2.05) is 12.4 Å². The normalized spacial score (nSPS) is 28.9. The molecule has 0 aromatic carbocycles. The lowest BCUT2D eigenvalue weighted by Crippen LogP contribution is -2.45. The van der Waals surface area contributed by atoms with E-state index < -0.39 is 0 Å². The summed E-state index contributed by atoms with van der Waals surface area (Å²) in [4.78, 5) is 6.59. The van der Waals surface area contributed by atoms with Crippen LogP contribution < -0.4 is 5.32 Å². The van der Waals surface area contributed by atoms with Gasteiger partial charge in [0.2, 0.25) is 0 Å². The number of rotatable bonds is 4. The molecule has 0 bridgehead atoms. The Morgan fingerprint density at radius 1 is 1.10 bits per heavy atom. The zero-order chi connectivity index (χ0) is 13.8. The van der Waals surface area contributed by atoms with Crippen LogP contribution in [0.1, 0.15) is 37.7 Å². The molecule has 0 unspecified atom stereocenters. The first kappa shape index (κ1) is 14.0. The van der Waals surface area contributed by atoms with Crippen LogP contribution in [-0.4, -0.2) is 46.3 Å². The fourth-order valence-corrected chi connectivity index (χ4v) is 3.45. The molecule has 0 radical (unpaired) electrons. The van der Waals surface area contributed by atoms with Crippen LogP contribution in [0.3, 0.4) is 0 Å². The molecule has 110 valence electrons. The highest BCUT2D eigenvalue weighted by Crippen LogP contribution is 2.21. The lowest BCUT2D eigenvalue weighted by atomic mass is 10.0. The van der Waals surface area contributed by atoms with Crippen molar-refractivity contribution in [2.24, 2.45) is 0 Å². The van der Waals surface area contributed by atoms with Gasteiger partial charge in [-0.25, -0.2) is 0 Å². The number of likely N-dealkylation sites (tertiary alicyclic amines) is 1. The summed E-state index contributed by atoms with van der Waals surface area (Å²) in [5.74, 6) is 0. The van der Waals surface area contributed by atoms with Gasteiger partial charge in [0.15, 0.2) is 0 Å². The highest BCUT2D eigenvalue weighted by Gasteiger charge is 2.26. The van der Waals surface area contributed by atoms with E-state index in [0.717, 1.165) is 38.9 Å². The summed E-state index contributed by atoms with van der Waals surface area (Å²) in [5.41, 5.74) is 1.35. The first-order chi connectivity index (χ1) is 9.79. The molecule has 4 nitrogen and oxygen atoms in total. The first-order valence-corrected chi connectivity index (χ1v) is 7.85. The second-order valence-electron chi connectivity index (χ2n) is 6.24. The van der Waals surface area contributed by atoms with Gasteiger partial charge in [0, 0.05) is 31.0 Å². The molecule has 1 aromatic heterocycles. The third kappa shape index (κ3) is 3.78. The fourth-order valence-electron chi connectivity index (χ4n) is 3.45. The van der Waals surface area contributed by atoms with Crippen LogP contribution >= 0.6 is 0 Å². The Bertz CT molecular complexity index is 403. The first-order valence-electron chi connectivity index (χ1n) is 7.85. The van der Waals surface area contributed by atoms with Crippen LogP contribution in [0.2, 0.25) is 0 Å². The second-order valence-corrected chi connectivity index (χ2v) is 6.24. The number of aliphatic hydroxyl groups excluding tert-OH is 1. The van der Waals surface area contributed by atoms with Crippen molar-refractivity contribution in [3.8, 4) is 0 Å². The quantitative estimate of drug-likeness (QED) is 0.875. The Balaban J connectivity index is 1.41. The van der Waals surface area contributed by atoms with Gasteiger partial charge in [-0.3, -0.25) is 9.88 Å². The van der Waals surface area contributed by atoms with Crippen molar-refractivity contribution < 1.29 is 5.11 Å². The smallest absolute Gasteiger partial charge is 0.0555 e. The molecule has 20 heavy (non-hydrogen) atoms. The van der Waals surface area contributed by atoms with Gasteiger partial charge in [-0.05, 0) is 62.9 Å². The Morgan fingerprint density at radius 3 is 2.50 bits per heavy atom. The van der Waals surface area contributed by atoms with Gasteiger partial charge in [0.1, 0.15) is 0 Å². The average Bonchev–Trinajstić information content (AvgIpc) is 2.88. The third-order valence-electron chi connectivity index (χ3n) is 4.62. The molecule has 1 saturated heterocycles. The summed E-state index contributed by atoms with van der Waals surface area (Å²) >= 11 is 0. The molecular formula is C16H25N3O. The van der Waals surface area contributed by atoms with Gasteiger partial charge in [0.05, 0.1) is 6.10 Å². The number of aromatic nitrogens is 1. The standard InChI is InChI=1S/C16H25N3O/c20-16-2-1-15(11-16)18-14-5-9-19(10-6-14)12-13-3-7-17-8-4-13/h3-4,7-8,14-16,18,20H,1-2,5-6,9-12H2/t15-,16+/m0/s1. The molecule has 3 rings (SSSR count). The Kier molecular flexibility index (Phi) is 4.65. The Hall–Kier alpha value is -0.970. The predicted molar refractivity (Wildman–Crippen MR) is 79.3 cm³/mol. The van der Waals surface area contributed by atoms with E-state index in [2.05, 4.69) is 27.3 Å². The molecule has 2 N–H and O–H groups in total. The van der Waals surface area contributed by atoms with Crippen LogP contribution in [-0.2, 0) is 6.54 Å². The SMILES string of the molecule is O[C@@H]1CC[C@H](NC2CCN(Cc3ccncc3)CC2)C1. The van der Waals surface area contributed by atoms with Crippen LogP contribution in [0, 0.1) is 0 Å². The van der Waals surface area contributed by atoms with Crippen molar-refractivity contribution >= 4 is 0 Å². The Morgan fingerprint density at radius 2 is 1.85 bits per heavy atom. The summed E-state index contributed by atoms with van der Waals surface area (Å²) < 4.78 is 0. The summed E-state index contributed by atoms with van der Waals surface area (Å²) in [6.45, 7) is 3.36. The maximum atomic E-state index is 9.58.